The highest BCUT2D eigenvalue weighted by atomic mass is 35.5. The maximum Gasteiger partial charge on any atom is 0.343 e. The van der Waals surface area contributed by atoms with E-state index in [2.05, 4.69) is 5.32 Å². The molecule has 0 atom stereocenters. The molecule has 0 spiro atoms. The molecule has 0 heterocycles. The zero-order valence-electron chi connectivity index (χ0n) is 17.8. The number of ether oxygens (including phenoxy) is 3. The van der Waals surface area contributed by atoms with Crippen LogP contribution in [0.15, 0.2) is 72.3 Å². The number of nitrogens with one attached hydrogen (secondary N) is 1. The summed E-state index contributed by atoms with van der Waals surface area (Å²) in [5.74, 6) is -0.122. The van der Waals surface area contributed by atoms with Crippen molar-refractivity contribution in [3.05, 3.63) is 88.5 Å². The number of rotatable bonds is 7. The number of halogens is 1. The Hall–Kier alpha value is -4.28. The lowest BCUT2D eigenvalue weighted by Crippen LogP contribution is -2.13. The van der Waals surface area contributed by atoms with Gasteiger partial charge in [0.15, 0.2) is 11.5 Å². The van der Waals surface area contributed by atoms with Crippen LogP contribution >= 0.6 is 11.6 Å². The number of carbonyl (C=O) groups excluding carboxylic acids is 2. The molecule has 7 nitrogen and oxygen atoms in total. The minimum Gasteiger partial charge on any atom is -0.497 e. The number of hydrogen-bond donors (Lipinski definition) is 1. The van der Waals surface area contributed by atoms with Crippen molar-refractivity contribution < 1.29 is 23.8 Å². The molecule has 0 bridgehead atoms. The van der Waals surface area contributed by atoms with Crippen molar-refractivity contribution in [3.8, 4) is 23.3 Å². The van der Waals surface area contributed by atoms with Crippen molar-refractivity contribution in [2.24, 2.45) is 0 Å². The zero-order chi connectivity index (χ0) is 23.8. The van der Waals surface area contributed by atoms with Gasteiger partial charge in [-0.05, 0) is 72.3 Å². The van der Waals surface area contributed by atoms with Gasteiger partial charge >= 0.3 is 5.97 Å². The fraction of sp³-hybridized carbons (Fsp3) is 0.0800. The summed E-state index contributed by atoms with van der Waals surface area (Å²) in [5.41, 5.74) is 1.15. The summed E-state index contributed by atoms with van der Waals surface area (Å²) in [5, 5.41) is 12.6. The lowest BCUT2D eigenvalue weighted by molar-refractivity contribution is -0.112. The maximum absolute atomic E-state index is 12.5. The summed E-state index contributed by atoms with van der Waals surface area (Å²) in [6.07, 6.45) is 1.38. The molecule has 0 aliphatic rings. The van der Waals surface area contributed by atoms with E-state index in [9.17, 15) is 14.9 Å². The van der Waals surface area contributed by atoms with Gasteiger partial charge in [0.1, 0.15) is 17.4 Å². The Morgan fingerprint density at radius 1 is 0.939 bits per heavy atom. The molecule has 0 aromatic heterocycles. The highest BCUT2D eigenvalue weighted by Crippen LogP contribution is 2.30. The van der Waals surface area contributed by atoms with Crippen LogP contribution in [-0.4, -0.2) is 26.1 Å². The highest BCUT2D eigenvalue weighted by molar-refractivity contribution is 6.30. The van der Waals surface area contributed by atoms with Crippen LogP contribution in [0.1, 0.15) is 15.9 Å². The highest BCUT2D eigenvalue weighted by Gasteiger charge is 2.15. The largest absolute Gasteiger partial charge is 0.497 e. The molecule has 0 saturated heterocycles. The quantitative estimate of drug-likeness (QED) is 0.226. The van der Waals surface area contributed by atoms with Crippen LogP contribution in [0.5, 0.6) is 17.2 Å². The third-order valence-electron chi connectivity index (χ3n) is 4.49. The molecule has 0 aliphatic carbocycles. The first kappa shape index (κ1) is 23.4. The van der Waals surface area contributed by atoms with Gasteiger partial charge in [0, 0.05) is 10.7 Å². The van der Waals surface area contributed by atoms with E-state index < -0.39 is 11.9 Å². The molecule has 0 aliphatic heterocycles. The Morgan fingerprint density at radius 3 is 2.24 bits per heavy atom. The van der Waals surface area contributed by atoms with Gasteiger partial charge in [0.25, 0.3) is 5.91 Å². The standard InChI is InChI=1S/C25H19ClN2O5/c1-31-21-10-4-17(5-11-21)25(30)33-23-14-16(3-12-22(23)32-2)13-18(15-27)24(29)28-20-8-6-19(26)7-9-20/h3-14H,1-2H3,(H,28,29)/b18-13+. The zero-order valence-corrected chi connectivity index (χ0v) is 18.6. The van der Waals surface area contributed by atoms with Crippen LogP contribution in [0.25, 0.3) is 6.08 Å². The molecule has 8 heteroatoms. The van der Waals surface area contributed by atoms with E-state index in [0.717, 1.165) is 0 Å². The second-order valence-electron chi connectivity index (χ2n) is 6.66. The van der Waals surface area contributed by atoms with Crippen LogP contribution in [-0.2, 0) is 4.79 Å². The monoisotopic (exact) mass is 462 g/mol. The maximum atomic E-state index is 12.5. The van der Waals surface area contributed by atoms with Gasteiger partial charge < -0.3 is 19.5 Å². The predicted molar refractivity (Wildman–Crippen MR) is 125 cm³/mol. The van der Waals surface area contributed by atoms with E-state index >= 15 is 0 Å². The Morgan fingerprint density at radius 2 is 1.64 bits per heavy atom. The average molecular weight is 463 g/mol. The minimum atomic E-state index is -0.599. The van der Waals surface area contributed by atoms with E-state index in [4.69, 9.17) is 25.8 Å². The van der Waals surface area contributed by atoms with Crippen LogP contribution in [0.4, 0.5) is 5.69 Å². The molecule has 0 saturated carbocycles. The number of nitrogens with zero attached hydrogens (tertiary/aromatic N) is 1. The van der Waals surface area contributed by atoms with Crippen molar-refractivity contribution >= 4 is 35.2 Å². The second kappa shape index (κ2) is 10.8. The Balaban J connectivity index is 1.82. The van der Waals surface area contributed by atoms with E-state index in [1.54, 1.807) is 60.7 Å². The molecule has 0 fully saturated rings. The van der Waals surface area contributed by atoms with Gasteiger partial charge in [-0.25, -0.2) is 4.79 Å². The summed E-state index contributed by atoms with van der Waals surface area (Å²) >= 11 is 5.85. The summed E-state index contributed by atoms with van der Waals surface area (Å²) in [4.78, 5) is 25.0. The molecular weight excluding hydrogens is 444 g/mol. The molecule has 1 amide bonds. The lowest BCUT2D eigenvalue weighted by Gasteiger charge is -2.11. The van der Waals surface area contributed by atoms with Crippen LogP contribution in [0, 0.1) is 11.3 Å². The first-order chi connectivity index (χ1) is 15.9. The SMILES string of the molecule is COc1ccc(C(=O)Oc2cc(/C=C(\C#N)C(=O)Nc3ccc(Cl)cc3)ccc2OC)cc1. The first-order valence-electron chi connectivity index (χ1n) is 9.66. The molecule has 0 radical (unpaired) electrons. The number of carbonyl (C=O) groups is 2. The average Bonchev–Trinajstić information content (AvgIpc) is 2.84. The summed E-state index contributed by atoms with van der Waals surface area (Å²) in [6.45, 7) is 0. The van der Waals surface area contributed by atoms with Gasteiger partial charge in [-0.1, -0.05) is 17.7 Å². The number of benzene rings is 3. The van der Waals surface area contributed by atoms with Crippen molar-refractivity contribution in [3.63, 3.8) is 0 Å². The molecular formula is C25H19ClN2O5. The van der Waals surface area contributed by atoms with Crippen molar-refractivity contribution in [1.29, 1.82) is 5.26 Å². The van der Waals surface area contributed by atoms with Crippen LogP contribution in [0.2, 0.25) is 5.02 Å². The number of esters is 1. The van der Waals surface area contributed by atoms with E-state index in [1.165, 1.54) is 26.4 Å². The van der Waals surface area contributed by atoms with E-state index in [0.29, 0.717) is 33.3 Å². The van der Waals surface area contributed by atoms with Crippen LogP contribution in [0.3, 0.4) is 0 Å². The first-order valence-corrected chi connectivity index (χ1v) is 10.0. The fourth-order valence-electron chi connectivity index (χ4n) is 2.80. The third-order valence-corrected chi connectivity index (χ3v) is 4.75. The van der Waals surface area contributed by atoms with Gasteiger partial charge in [-0.3, -0.25) is 4.79 Å². The van der Waals surface area contributed by atoms with E-state index in [-0.39, 0.29) is 11.3 Å². The molecule has 3 aromatic carbocycles. The second-order valence-corrected chi connectivity index (χ2v) is 7.10. The number of amides is 1. The van der Waals surface area contributed by atoms with E-state index in [1.807, 2.05) is 6.07 Å². The van der Waals surface area contributed by atoms with Gasteiger partial charge in [0.05, 0.1) is 19.8 Å². The predicted octanol–water partition coefficient (Wildman–Crippen LogP) is 5.12. The summed E-state index contributed by atoms with van der Waals surface area (Å²) < 4.78 is 15.8. The molecule has 3 rings (SSSR count). The van der Waals surface area contributed by atoms with Gasteiger partial charge in [0.2, 0.25) is 0 Å². The third kappa shape index (κ3) is 6.12. The number of anilines is 1. The fourth-order valence-corrected chi connectivity index (χ4v) is 2.92. The van der Waals surface area contributed by atoms with Crippen molar-refractivity contribution in [1.82, 2.24) is 0 Å². The minimum absolute atomic E-state index is 0.137. The lowest BCUT2D eigenvalue weighted by atomic mass is 10.1. The normalized spacial score (nSPS) is 10.7. The van der Waals surface area contributed by atoms with Gasteiger partial charge in [-0.15, -0.1) is 0 Å². The molecule has 0 unspecified atom stereocenters. The van der Waals surface area contributed by atoms with Gasteiger partial charge in [-0.2, -0.15) is 5.26 Å². The van der Waals surface area contributed by atoms with Crippen molar-refractivity contribution in [2.75, 3.05) is 19.5 Å². The molecule has 33 heavy (non-hydrogen) atoms. The summed E-state index contributed by atoms with van der Waals surface area (Å²) in [7, 11) is 2.97. The molecule has 3 aromatic rings. The van der Waals surface area contributed by atoms with Crippen molar-refractivity contribution in [2.45, 2.75) is 0 Å². The smallest absolute Gasteiger partial charge is 0.343 e. The Labute approximate surface area is 195 Å². The Kier molecular flexibility index (Phi) is 7.68. The number of nitriles is 1. The topological polar surface area (TPSA) is 97.7 Å². The molecule has 1 N–H and O–H groups in total. The number of methoxy groups -OCH3 is 2. The van der Waals surface area contributed by atoms with Crippen LogP contribution < -0.4 is 19.5 Å². The molecule has 166 valence electrons. The summed E-state index contributed by atoms with van der Waals surface area (Å²) in [6, 6.07) is 19.5. The Bertz CT molecular complexity index is 1230. The number of hydrogen-bond acceptors (Lipinski definition) is 6.